The van der Waals surface area contributed by atoms with E-state index in [1.54, 1.807) is 0 Å². The average molecular weight is 165 g/mol. The van der Waals surface area contributed by atoms with E-state index in [1.165, 1.54) is 5.71 Å². The van der Waals surface area contributed by atoms with Crippen molar-refractivity contribution in [3.63, 3.8) is 0 Å². The van der Waals surface area contributed by atoms with E-state index in [-0.39, 0.29) is 0 Å². The number of aliphatic imine (C=N–C) groups is 1. The van der Waals surface area contributed by atoms with Gasteiger partial charge < -0.3 is 0 Å². The first-order valence-electron chi connectivity index (χ1n) is 4.32. The van der Waals surface area contributed by atoms with E-state index in [2.05, 4.69) is 32.3 Å². The molecule has 0 radical (unpaired) electrons. The van der Waals surface area contributed by atoms with Crippen molar-refractivity contribution in [2.75, 3.05) is 0 Å². The van der Waals surface area contributed by atoms with Gasteiger partial charge in [0.1, 0.15) is 0 Å². The van der Waals surface area contributed by atoms with Crippen LogP contribution in [-0.2, 0) is 0 Å². The average Bonchev–Trinajstić information content (AvgIpc) is 1.84. The summed E-state index contributed by atoms with van der Waals surface area (Å²) in [5, 5.41) is 0. The van der Waals surface area contributed by atoms with E-state index >= 15 is 0 Å². The van der Waals surface area contributed by atoms with E-state index < -0.39 is 0 Å². The Bertz CT molecular complexity index is 219. The van der Waals surface area contributed by atoms with E-state index in [1.807, 2.05) is 19.9 Å². The van der Waals surface area contributed by atoms with Crippen LogP contribution in [0.3, 0.4) is 0 Å². The zero-order valence-corrected chi connectivity index (χ0v) is 8.81. The lowest BCUT2D eigenvalue weighted by atomic mass is 10.1. The standard InChI is InChI=1S/C11H19N/c1-8(2)7-10(5)12-11(6)9(3)4/h7,9H,1H2,2-6H3/b10-7-,12-11+. The molecule has 0 saturated heterocycles. The molecule has 0 heterocycles. The van der Waals surface area contributed by atoms with Crippen LogP contribution in [0.1, 0.15) is 34.6 Å². The van der Waals surface area contributed by atoms with Crippen LogP contribution in [0.5, 0.6) is 0 Å². The van der Waals surface area contributed by atoms with Gasteiger partial charge in [0.2, 0.25) is 0 Å². The fourth-order valence-corrected chi connectivity index (χ4v) is 0.796. The maximum Gasteiger partial charge on any atom is 0.0374 e. The fraction of sp³-hybridized carbons (Fsp3) is 0.545. The van der Waals surface area contributed by atoms with Crippen LogP contribution in [0.2, 0.25) is 0 Å². The second kappa shape index (κ2) is 4.91. The molecule has 0 atom stereocenters. The lowest BCUT2D eigenvalue weighted by molar-refractivity contribution is 0.875. The zero-order valence-electron chi connectivity index (χ0n) is 8.81. The van der Waals surface area contributed by atoms with Crippen LogP contribution in [0.25, 0.3) is 0 Å². The van der Waals surface area contributed by atoms with E-state index in [9.17, 15) is 0 Å². The Morgan fingerprint density at radius 1 is 1.25 bits per heavy atom. The number of hydrogen-bond donors (Lipinski definition) is 0. The van der Waals surface area contributed by atoms with Crippen molar-refractivity contribution in [1.82, 2.24) is 0 Å². The van der Waals surface area contributed by atoms with Gasteiger partial charge in [0.25, 0.3) is 0 Å². The number of hydrogen-bond acceptors (Lipinski definition) is 1. The van der Waals surface area contributed by atoms with Crippen molar-refractivity contribution in [2.24, 2.45) is 10.9 Å². The van der Waals surface area contributed by atoms with Gasteiger partial charge in [0.15, 0.2) is 0 Å². The van der Waals surface area contributed by atoms with Crippen LogP contribution < -0.4 is 0 Å². The van der Waals surface area contributed by atoms with Crippen LogP contribution in [0, 0.1) is 5.92 Å². The SMILES string of the molecule is C=C(C)/C=C(C)\N=C(/C)C(C)C. The molecule has 0 aliphatic heterocycles. The third-order valence-electron chi connectivity index (χ3n) is 1.64. The highest BCUT2D eigenvalue weighted by atomic mass is 14.7. The quantitative estimate of drug-likeness (QED) is 0.447. The minimum absolute atomic E-state index is 0.526. The first-order valence-corrected chi connectivity index (χ1v) is 4.32. The van der Waals surface area contributed by atoms with E-state index in [4.69, 9.17) is 0 Å². The van der Waals surface area contributed by atoms with Crippen LogP contribution in [0.4, 0.5) is 0 Å². The number of allylic oxidation sites excluding steroid dienone is 3. The summed E-state index contributed by atoms with van der Waals surface area (Å²) >= 11 is 0. The summed E-state index contributed by atoms with van der Waals surface area (Å²) in [6.07, 6.45) is 1.99. The fourth-order valence-electron chi connectivity index (χ4n) is 0.796. The van der Waals surface area contributed by atoms with Crippen LogP contribution in [0.15, 0.2) is 28.9 Å². The van der Waals surface area contributed by atoms with Gasteiger partial charge in [0, 0.05) is 11.4 Å². The Kier molecular flexibility index (Phi) is 4.57. The minimum Gasteiger partial charge on any atom is -0.263 e. The first-order chi connectivity index (χ1) is 5.43. The highest BCUT2D eigenvalue weighted by molar-refractivity contribution is 5.84. The van der Waals surface area contributed by atoms with E-state index in [0.29, 0.717) is 5.92 Å². The molecule has 12 heavy (non-hydrogen) atoms. The Balaban J connectivity index is 4.43. The van der Waals surface area contributed by atoms with Crippen LogP contribution >= 0.6 is 0 Å². The number of rotatable bonds is 3. The topological polar surface area (TPSA) is 12.4 Å². The van der Waals surface area contributed by atoms with Crippen LogP contribution in [-0.4, -0.2) is 5.71 Å². The van der Waals surface area contributed by atoms with Gasteiger partial charge in [-0.1, -0.05) is 26.0 Å². The molecule has 0 aromatic heterocycles. The summed E-state index contributed by atoms with van der Waals surface area (Å²) in [5.41, 5.74) is 3.26. The van der Waals surface area contributed by atoms with Crippen molar-refractivity contribution in [1.29, 1.82) is 0 Å². The smallest absolute Gasteiger partial charge is 0.0374 e. The number of nitrogens with zero attached hydrogens (tertiary/aromatic N) is 1. The molecule has 0 aromatic carbocycles. The summed E-state index contributed by atoms with van der Waals surface area (Å²) in [7, 11) is 0. The maximum absolute atomic E-state index is 4.43. The third kappa shape index (κ3) is 4.89. The van der Waals surface area contributed by atoms with Crippen molar-refractivity contribution < 1.29 is 0 Å². The highest BCUT2D eigenvalue weighted by Crippen LogP contribution is 2.04. The zero-order chi connectivity index (χ0) is 9.72. The first kappa shape index (κ1) is 11.2. The van der Waals surface area contributed by atoms with Crippen molar-refractivity contribution in [2.45, 2.75) is 34.6 Å². The third-order valence-corrected chi connectivity index (χ3v) is 1.64. The molecule has 0 aromatic rings. The minimum atomic E-state index is 0.526. The molecule has 0 bridgehead atoms. The summed E-state index contributed by atoms with van der Waals surface area (Å²) in [6.45, 7) is 14.1. The predicted molar refractivity (Wildman–Crippen MR) is 56.5 cm³/mol. The Morgan fingerprint density at radius 2 is 1.75 bits per heavy atom. The van der Waals surface area contributed by atoms with Gasteiger partial charge in [0.05, 0.1) is 0 Å². The molecular weight excluding hydrogens is 146 g/mol. The van der Waals surface area contributed by atoms with Crippen molar-refractivity contribution in [3.05, 3.63) is 23.9 Å². The molecule has 1 heteroatoms. The van der Waals surface area contributed by atoms with Gasteiger partial charge in [-0.3, -0.25) is 4.99 Å². The monoisotopic (exact) mass is 165 g/mol. The molecule has 68 valence electrons. The van der Waals surface area contributed by atoms with Gasteiger partial charge >= 0.3 is 0 Å². The molecule has 0 saturated carbocycles. The Hall–Kier alpha value is -0.850. The highest BCUT2D eigenvalue weighted by Gasteiger charge is 1.96. The molecule has 0 aliphatic rings. The molecule has 1 nitrogen and oxygen atoms in total. The molecule has 0 fully saturated rings. The largest absolute Gasteiger partial charge is 0.263 e. The van der Waals surface area contributed by atoms with Gasteiger partial charge in [-0.05, 0) is 32.8 Å². The second-order valence-corrected chi connectivity index (χ2v) is 3.54. The molecule has 0 spiro atoms. The molecule has 0 unspecified atom stereocenters. The van der Waals surface area contributed by atoms with E-state index in [0.717, 1.165) is 11.3 Å². The van der Waals surface area contributed by atoms with Gasteiger partial charge in [-0.2, -0.15) is 0 Å². The summed E-state index contributed by atoms with van der Waals surface area (Å²) in [6, 6.07) is 0. The van der Waals surface area contributed by atoms with Gasteiger partial charge in [-0.25, -0.2) is 0 Å². The predicted octanol–water partition coefficient (Wildman–Crippen LogP) is 3.58. The Morgan fingerprint density at radius 3 is 2.08 bits per heavy atom. The van der Waals surface area contributed by atoms with Crippen molar-refractivity contribution in [3.8, 4) is 0 Å². The summed E-state index contributed by atoms with van der Waals surface area (Å²) in [5.74, 6) is 0.526. The lowest BCUT2D eigenvalue weighted by Crippen LogP contribution is -2.01. The molecule has 0 rings (SSSR count). The summed E-state index contributed by atoms with van der Waals surface area (Å²) in [4.78, 5) is 4.43. The summed E-state index contributed by atoms with van der Waals surface area (Å²) < 4.78 is 0. The molecule has 0 amide bonds. The molecule has 0 aliphatic carbocycles. The normalized spacial score (nSPS) is 13.8. The lowest BCUT2D eigenvalue weighted by Gasteiger charge is -2.03. The Labute approximate surface area is 75.9 Å². The molecular formula is C11H19N. The van der Waals surface area contributed by atoms with Crippen molar-refractivity contribution >= 4 is 5.71 Å². The second-order valence-electron chi connectivity index (χ2n) is 3.54. The van der Waals surface area contributed by atoms with Gasteiger partial charge in [-0.15, -0.1) is 0 Å². The maximum atomic E-state index is 4.43. The molecule has 0 N–H and O–H groups in total.